The Morgan fingerprint density at radius 1 is 0.815 bits per heavy atom. The topological polar surface area (TPSA) is 76.7 Å². The van der Waals surface area contributed by atoms with E-state index in [4.69, 9.17) is 9.47 Å². The average Bonchev–Trinajstić information content (AvgIpc) is 2.65. The average molecular weight is 368 g/mol. The summed E-state index contributed by atoms with van der Waals surface area (Å²) in [5.41, 5.74) is 3.65. The maximum absolute atomic E-state index is 11.9. The van der Waals surface area contributed by atoms with Gasteiger partial charge in [-0.1, -0.05) is 17.7 Å². The minimum Gasteiger partial charge on any atom is -0.462 e. The van der Waals surface area contributed by atoms with E-state index < -0.39 is 11.9 Å². The van der Waals surface area contributed by atoms with Gasteiger partial charge in [0.05, 0.1) is 13.2 Å². The fourth-order valence-electron chi connectivity index (χ4n) is 2.23. The number of rotatable bonds is 8. The fraction of sp³-hybridized carbons (Fsp3) is 0.238. The molecule has 0 radical (unpaired) electrons. The zero-order valence-electron chi connectivity index (χ0n) is 15.7. The van der Waals surface area contributed by atoms with E-state index in [1.54, 1.807) is 13.8 Å². The van der Waals surface area contributed by atoms with E-state index in [0.717, 1.165) is 17.1 Å². The number of anilines is 3. The molecule has 0 aliphatic rings. The van der Waals surface area contributed by atoms with Gasteiger partial charge in [0.25, 0.3) is 0 Å². The van der Waals surface area contributed by atoms with Crippen molar-refractivity contribution < 1.29 is 19.1 Å². The minimum atomic E-state index is -0.721. The maximum atomic E-state index is 11.9. The lowest BCUT2D eigenvalue weighted by Gasteiger charge is -2.09. The van der Waals surface area contributed by atoms with Crippen molar-refractivity contribution in [2.45, 2.75) is 20.8 Å². The summed E-state index contributed by atoms with van der Waals surface area (Å²) in [6.07, 6.45) is 1.30. The van der Waals surface area contributed by atoms with Gasteiger partial charge in [-0.2, -0.15) is 0 Å². The summed E-state index contributed by atoms with van der Waals surface area (Å²) in [7, 11) is 0. The fourth-order valence-corrected chi connectivity index (χ4v) is 2.23. The molecule has 0 saturated heterocycles. The van der Waals surface area contributed by atoms with Crippen LogP contribution in [0.5, 0.6) is 0 Å². The highest BCUT2D eigenvalue weighted by atomic mass is 16.6. The Morgan fingerprint density at radius 3 is 1.74 bits per heavy atom. The Labute approximate surface area is 159 Å². The van der Waals surface area contributed by atoms with Gasteiger partial charge in [0.15, 0.2) is 5.57 Å². The van der Waals surface area contributed by atoms with E-state index in [9.17, 15) is 9.59 Å². The van der Waals surface area contributed by atoms with Crippen molar-refractivity contribution in [1.82, 2.24) is 0 Å². The van der Waals surface area contributed by atoms with Gasteiger partial charge in [-0.25, -0.2) is 9.59 Å². The van der Waals surface area contributed by atoms with Crippen molar-refractivity contribution in [3.63, 3.8) is 0 Å². The first-order valence-electron chi connectivity index (χ1n) is 8.78. The van der Waals surface area contributed by atoms with Crippen LogP contribution in [0.25, 0.3) is 0 Å². The van der Waals surface area contributed by atoms with E-state index in [0.29, 0.717) is 0 Å². The largest absolute Gasteiger partial charge is 0.462 e. The molecule has 2 rings (SSSR count). The summed E-state index contributed by atoms with van der Waals surface area (Å²) >= 11 is 0. The molecular formula is C21H24N2O4. The van der Waals surface area contributed by atoms with Crippen LogP contribution in [0.4, 0.5) is 17.1 Å². The van der Waals surface area contributed by atoms with Crippen LogP contribution in [0.3, 0.4) is 0 Å². The second-order valence-electron chi connectivity index (χ2n) is 5.71. The molecule has 2 aromatic rings. The predicted molar refractivity (Wildman–Crippen MR) is 106 cm³/mol. The third kappa shape index (κ3) is 6.18. The lowest BCUT2D eigenvalue weighted by molar-refractivity contribution is -0.146. The van der Waals surface area contributed by atoms with Crippen molar-refractivity contribution >= 4 is 29.0 Å². The Kier molecular flexibility index (Phi) is 7.43. The maximum Gasteiger partial charge on any atom is 0.347 e. The molecule has 6 nitrogen and oxygen atoms in total. The smallest absolute Gasteiger partial charge is 0.347 e. The molecule has 0 saturated carbocycles. The van der Waals surface area contributed by atoms with Crippen molar-refractivity contribution in [2.75, 3.05) is 23.8 Å². The molecule has 0 bridgehead atoms. The van der Waals surface area contributed by atoms with E-state index in [2.05, 4.69) is 10.6 Å². The third-order valence-corrected chi connectivity index (χ3v) is 3.60. The summed E-state index contributed by atoms with van der Waals surface area (Å²) in [5.74, 6) is -1.44. The zero-order chi connectivity index (χ0) is 19.6. The van der Waals surface area contributed by atoms with Crippen molar-refractivity contribution in [3.05, 3.63) is 65.9 Å². The second kappa shape index (κ2) is 10.0. The summed E-state index contributed by atoms with van der Waals surface area (Å²) in [5, 5.41) is 6.23. The first-order chi connectivity index (χ1) is 13.0. The zero-order valence-corrected chi connectivity index (χ0v) is 15.7. The second-order valence-corrected chi connectivity index (χ2v) is 5.71. The van der Waals surface area contributed by atoms with Crippen LogP contribution in [0.1, 0.15) is 19.4 Å². The molecule has 0 aliphatic heterocycles. The molecule has 2 N–H and O–H groups in total. The predicted octanol–water partition coefficient (Wildman–Crippen LogP) is 4.16. The lowest BCUT2D eigenvalue weighted by Crippen LogP contribution is -2.19. The summed E-state index contributed by atoms with van der Waals surface area (Å²) in [6, 6.07) is 15.5. The van der Waals surface area contributed by atoms with Gasteiger partial charge < -0.3 is 20.1 Å². The molecule has 0 fully saturated rings. The van der Waals surface area contributed by atoms with Crippen molar-refractivity contribution in [3.8, 4) is 0 Å². The first kappa shape index (κ1) is 20.0. The first-order valence-corrected chi connectivity index (χ1v) is 8.78. The van der Waals surface area contributed by atoms with E-state index in [1.807, 2.05) is 55.5 Å². The van der Waals surface area contributed by atoms with Crippen molar-refractivity contribution in [1.29, 1.82) is 0 Å². The molecular weight excluding hydrogens is 344 g/mol. The van der Waals surface area contributed by atoms with E-state index >= 15 is 0 Å². The van der Waals surface area contributed by atoms with Gasteiger partial charge >= 0.3 is 11.9 Å². The number of carbonyl (C=O) groups is 2. The Balaban J connectivity index is 2.06. The van der Waals surface area contributed by atoms with Gasteiger partial charge in [-0.05, 0) is 57.2 Å². The lowest BCUT2D eigenvalue weighted by atomic mass is 10.2. The molecule has 6 heteroatoms. The third-order valence-electron chi connectivity index (χ3n) is 3.60. The van der Waals surface area contributed by atoms with Crippen LogP contribution in [0, 0.1) is 6.92 Å². The summed E-state index contributed by atoms with van der Waals surface area (Å²) in [6.45, 7) is 5.74. The van der Waals surface area contributed by atoms with Crippen LogP contribution in [0.15, 0.2) is 60.3 Å². The van der Waals surface area contributed by atoms with Crippen molar-refractivity contribution in [2.24, 2.45) is 0 Å². The van der Waals surface area contributed by atoms with Gasteiger partial charge in [-0.15, -0.1) is 0 Å². The van der Waals surface area contributed by atoms with Crippen LogP contribution in [-0.2, 0) is 19.1 Å². The number of hydrogen-bond donors (Lipinski definition) is 2. The van der Waals surface area contributed by atoms with Crippen LogP contribution in [0.2, 0.25) is 0 Å². The molecule has 27 heavy (non-hydrogen) atoms. The minimum absolute atomic E-state index is 0.176. The number of esters is 2. The number of nitrogens with one attached hydrogen (secondary N) is 2. The quantitative estimate of drug-likeness (QED) is 0.315. The number of ether oxygens (including phenoxy) is 2. The number of carbonyl (C=O) groups excluding carboxylic acids is 2. The molecule has 0 aromatic heterocycles. The highest BCUT2D eigenvalue weighted by Gasteiger charge is 2.20. The molecule has 2 aromatic carbocycles. The van der Waals surface area contributed by atoms with Crippen LogP contribution < -0.4 is 10.6 Å². The van der Waals surface area contributed by atoms with E-state index in [-0.39, 0.29) is 18.8 Å². The number of aryl methyl sites for hydroxylation is 1. The van der Waals surface area contributed by atoms with Gasteiger partial charge in [0, 0.05) is 23.3 Å². The molecule has 0 amide bonds. The SMILES string of the molecule is CCOC(=O)C(=CNc1ccc(Nc2ccc(C)cc2)cc1)C(=O)OCC. The number of hydrogen-bond acceptors (Lipinski definition) is 6. The van der Waals surface area contributed by atoms with Gasteiger partial charge in [0.1, 0.15) is 0 Å². The monoisotopic (exact) mass is 368 g/mol. The van der Waals surface area contributed by atoms with Crippen LogP contribution >= 0.6 is 0 Å². The molecule has 0 heterocycles. The Hall–Kier alpha value is -3.28. The summed E-state index contributed by atoms with van der Waals surface area (Å²) < 4.78 is 9.79. The molecule has 0 unspecified atom stereocenters. The van der Waals surface area contributed by atoms with Crippen LogP contribution in [-0.4, -0.2) is 25.2 Å². The normalized spacial score (nSPS) is 9.89. The van der Waals surface area contributed by atoms with Gasteiger partial charge in [0.2, 0.25) is 0 Å². The standard InChI is InChI=1S/C21H24N2O4/c1-4-26-20(24)19(21(25)27-5-2)14-22-16-10-12-18(13-11-16)23-17-8-6-15(3)7-9-17/h6-14,22-23H,4-5H2,1-3H3. The Morgan fingerprint density at radius 2 is 1.26 bits per heavy atom. The highest BCUT2D eigenvalue weighted by molar-refractivity contribution is 6.14. The molecule has 142 valence electrons. The summed E-state index contributed by atoms with van der Waals surface area (Å²) in [4.78, 5) is 23.8. The van der Waals surface area contributed by atoms with E-state index in [1.165, 1.54) is 11.8 Å². The molecule has 0 aliphatic carbocycles. The molecule has 0 spiro atoms. The number of benzene rings is 2. The molecule has 0 atom stereocenters. The Bertz CT molecular complexity index is 776. The van der Waals surface area contributed by atoms with Gasteiger partial charge in [-0.3, -0.25) is 0 Å². The highest BCUT2D eigenvalue weighted by Crippen LogP contribution is 2.19.